The van der Waals surface area contributed by atoms with Gasteiger partial charge >= 0.3 is 0 Å². The molecule has 2 saturated heterocycles. The monoisotopic (exact) mass is 345 g/mol. The van der Waals surface area contributed by atoms with Crippen molar-refractivity contribution < 1.29 is 14.3 Å². The summed E-state index contributed by atoms with van der Waals surface area (Å²) in [5, 5.41) is 2.91. The number of rotatable bonds is 6. The Balaban J connectivity index is 1.39. The van der Waals surface area contributed by atoms with Crippen molar-refractivity contribution in [3.63, 3.8) is 0 Å². The topological polar surface area (TPSA) is 61.9 Å². The fourth-order valence-corrected chi connectivity index (χ4v) is 3.33. The van der Waals surface area contributed by atoms with Crippen LogP contribution in [0, 0.1) is 0 Å². The predicted molar refractivity (Wildman–Crippen MR) is 97.8 cm³/mol. The summed E-state index contributed by atoms with van der Waals surface area (Å²) in [6.45, 7) is 5.07. The maximum Gasteiger partial charge on any atom is 0.224 e. The molecule has 0 unspecified atom stereocenters. The number of amides is 2. The summed E-state index contributed by atoms with van der Waals surface area (Å²) in [7, 11) is 0. The van der Waals surface area contributed by atoms with Crippen LogP contribution in [-0.2, 0) is 14.3 Å². The molecule has 0 bridgehead atoms. The molecular formula is C19H27N3O3. The number of anilines is 2. The molecule has 6 nitrogen and oxygen atoms in total. The van der Waals surface area contributed by atoms with Gasteiger partial charge in [0.15, 0.2) is 0 Å². The molecule has 6 heteroatoms. The van der Waals surface area contributed by atoms with Crippen LogP contribution in [0.5, 0.6) is 0 Å². The van der Waals surface area contributed by atoms with Crippen molar-refractivity contribution in [2.45, 2.75) is 32.1 Å². The summed E-state index contributed by atoms with van der Waals surface area (Å²) in [5.41, 5.74) is 1.95. The van der Waals surface area contributed by atoms with Crippen LogP contribution in [-0.4, -0.2) is 56.1 Å². The van der Waals surface area contributed by atoms with Crippen LogP contribution in [0.2, 0.25) is 0 Å². The van der Waals surface area contributed by atoms with Crippen molar-refractivity contribution in [1.82, 2.24) is 4.90 Å². The number of carbonyl (C=O) groups is 2. The van der Waals surface area contributed by atoms with Crippen LogP contribution in [0.1, 0.15) is 32.1 Å². The minimum atomic E-state index is -0.0339. The van der Waals surface area contributed by atoms with Crippen molar-refractivity contribution in [2.24, 2.45) is 0 Å². The fourth-order valence-electron chi connectivity index (χ4n) is 3.33. The van der Waals surface area contributed by atoms with Crippen molar-refractivity contribution in [2.75, 3.05) is 49.6 Å². The number of likely N-dealkylation sites (tertiary alicyclic amines) is 1. The highest BCUT2D eigenvalue weighted by atomic mass is 16.5. The Bertz CT molecular complexity index is 576. The molecule has 0 radical (unpaired) electrons. The summed E-state index contributed by atoms with van der Waals surface area (Å²) in [6, 6.07) is 7.91. The van der Waals surface area contributed by atoms with Crippen molar-refractivity contribution >= 4 is 23.2 Å². The highest BCUT2D eigenvalue weighted by molar-refractivity contribution is 5.91. The molecule has 0 atom stereocenters. The Morgan fingerprint density at radius 2 is 1.64 bits per heavy atom. The van der Waals surface area contributed by atoms with Gasteiger partial charge in [-0.2, -0.15) is 0 Å². The second-order valence-electron chi connectivity index (χ2n) is 6.64. The number of carbonyl (C=O) groups excluding carboxylic acids is 2. The molecule has 1 N–H and O–H groups in total. The molecular weight excluding hydrogens is 318 g/mol. The van der Waals surface area contributed by atoms with E-state index in [1.165, 1.54) is 0 Å². The van der Waals surface area contributed by atoms with Gasteiger partial charge in [-0.25, -0.2) is 0 Å². The lowest BCUT2D eigenvalue weighted by atomic mass is 10.2. The molecule has 1 aromatic rings. The lowest BCUT2D eigenvalue weighted by Crippen LogP contribution is -2.36. The third-order valence-corrected chi connectivity index (χ3v) is 4.78. The number of hydrogen-bond acceptors (Lipinski definition) is 4. The molecule has 0 saturated carbocycles. The minimum absolute atomic E-state index is 0.0339. The van der Waals surface area contributed by atoms with Gasteiger partial charge in [-0.1, -0.05) is 0 Å². The maximum absolute atomic E-state index is 12.0. The first kappa shape index (κ1) is 17.7. The summed E-state index contributed by atoms with van der Waals surface area (Å²) >= 11 is 0. The zero-order valence-corrected chi connectivity index (χ0v) is 14.7. The van der Waals surface area contributed by atoms with Gasteiger partial charge in [-0.3, -0.25) is 9.59 Å². The molecule has 0 spiro atoms. The van der Waals surface area contributed by atoms with Gasteiger partial charge < -0.3 is 19.9 Å². The largest absolute Gasteiger partial charge is 0.378 e. The Morgan fingerprint density at radius 1 is 0.960 bits per heavy atom. The zero-order chi connectivity index (χ0) is 17.5. The number of ether oxygens (including phenoxy) is 1. The highest BCUT2D eigenvalue weighted by Gasteiger charge is 2.17. The first-order chi connectivity index (χ1) is 12.2. The second kappa shape index (κ2) is 8.85. The van der Waals surface area contributed by atoms with Crippen molar-refractivity contribution in [3.05, 3.63) is 24.3 Å². The number of hydrogen-bond donors (Lipinski definition) is 1. The van der Waals surface area contributed by atoms with E-state index in [4.69, 9.17) is 4.74 Å². The number of nitrogens with zero attached hydrogens (tertiary/aromatic N) is 2. The molecule has 2 amide bonds. The zero-order valence-electron chi connectivity index (χ0n) is 14.7. The molecule has 3 rings (SSSR count). The molecule has 2 heterocycles. The third kappa shape index (κ3) is 5.19. The molecule has 2 aliphatic rings. The summed E-state index contributed by atoms with van der Waals surface area (Å²) in [5.74, 6) is 0.147. The van der Waals surface area contributed by atoms with E-state index in [9.17, 15) is 9.59 Å². The maximum atomic E-state index is 12.0. The number of benzene rings is 1. The van der Waals surface area contributed by atoms with Crippen LogP contribution in [0.4, 0.5) is 11.4 Å². The number of morpholine rings is 1. The van der Waals surface area contributed by atoms with Gasteiger partial charge in [0.1, 0.15) is 0 Å². The Labute approximate surface area is 149 Å². The average molecular weight is 345 g/mol. The molecule has 136 valence electrons. The van der Waals surface area contributed by atoms with Gasteiger partial charge in [0.25, 0.3) is 0 Å². The molecule has 0 aliphatic carbocycles. The number of nitrogens with one attached hydrogen (secondary N) is 1. The van der Waals surface area contributed by atoms with Crippen LogP contribution >= 0.6 is 0 Å². The Hall–Kier alpha value is -2.08. The van der Waals surface area contributed by atoms with E-state index in [-0.39, 0.29) is 11.8 Å². The first-order valence-corrected chi connectivity index (χ1v) is 9.23. The van der Waals surface area contributed by atoms with E-state index in [1.807, 2.05) is 29.2 Å². The lowest BCUT2D eigenvalue weighted by molar-refractivity contribution is -0.130. The van der Waals surface area contributed by atoms with Crippen molar-refractivity contribution in [3.8, 4) is 0 Å². The van der Waals surface area contributed by atoms with Crippen LogP contribution in [0.15, 0.2) is 24.3 Å². The lowest BCUT2D eigenvalue weighted by Gasteiger charge is -2.28. The van der Waals surface area contributed by atoms with Gasteiger partial charge in [0.05, 0.1) is 13.2 Å². The van der Waals surface area contributed by atoms with Crippen molar-refractivity contribution in [1.29, 1.82) is 0 Å². The Morgan fingerprint density at radius 3 is 2.32 bits per heavy atom. The third-order valence-electron chi connectivity index (χ3n) is 4.78. The standard InChI is InChI=1S/C19H27N3O3/c23-18(4-3-5-19(24)22-10-1-2-11-22)20-16-6-8-17(9-7-16)21-12-14-25-15-13-21/h6-9H,1-5,10-15H2,(H,20,23). The van der Waals surface area contributed by atoms with Crippen LogP contribution in [0.3, 0.4) is 0 Å². The normalized spacial score (nSPS) is 17.6. The van der Waals surface area contributed by atoms with Gasteiger partial charge in [-0.05, 0) is 43.5 Å². The smallest absolute Gasteiger partial charge is 0.224 e. The fraction of sp³-hybridized carbons (Fsp3) is 0.579. The van der Waals surface area contributed by atoms with E-state index in [0.717, 1.165) is 63.6 Å². The van der Waals surface area contributed by atoms with Gasteiger partial charge in [0, 0.05) is 50.4 Å². The highest BCUT2D eigenvalue weighted by Crippen LogP contribution is 2.19. The second-order valence-corrected chi connectivity index (χ2v) is 6.64. The Kier molecular flexibility index (Phi) is 6.28. The summed E-state index contributed by atoms with van der Waals surface area (Å²) in [4.78, 5) is 28.2. The molecule has 2 fully saturated rings. The van der Waals surface area contributed by atoms with E-state index in [0.29, 0.717) is 19.3 Å². The molecule has 1 aromatic carbocycles. The average Bonchev–Trinajstić information content (AvgIpc) is 3.18. The molecule has 0 aromatic heterocycles. The van der Waals surface area contributed by atoms with E-state index in [2.05, 4.69) is 10.2 Å². The summed E-state index contributed by atoms with van der Waals surface area (Å²) in [6.07, 6.45) is 3.65. The van der Waals surface area contributed by atoms with Gasteiger partial charge in [-0.15, -0.1) is 0 Å². The van der Waals surface area contributed by atoms with E-state index < -0.39 is 0 Å². The van der Waals surface area contributed by atoms with Gasteiger partial charge in [0.2, 0.25) is 11.8 Å². The summed E-state index contributed by atoms with van der Waals surface area (Å²) < 4.78 is 5.36. The van der Waals surface area contributed by atoms with E-state index >= 15 is 0 Å². The first-order valence-electron chi connectivity index (χ1n) is 9.23. The van der Waals surface area contributed by atoms with Crippen LogP contribution < -0.4 is 10.2 Å². The van der Waals surface area contributed by atoms with Crippen LogP contribution in [0.25, 0.3) is 0 Å². The SMILES string of the molecule is O=C(CCCC(=O)N1CCCC1)Nc1ccc(N2CCOCC2)cc1. The minimum Gasteiger partial charge on any atom is -0.378 e. The van der Waals surface area contributed by atoms with E-state index in [1.54, 1.807) is 0 Å². The molecule has 25 heavy (non-hydrogen) atoms. The molecule has 2 aliphatic heterocycles. The quantitative estimate of drug-likeness (QED) is 0.859. The predicted octanol–water partition coefficient (Wildman–Crippen LogP) is 2.25.